The van der Waals surface area contributed by atoms with Crippen LogP contribution in [0.1, 0.15) is 13.8 Å². The van der Waals surface area contributed by atoms with Gasteiger partial charge in [-0.05, 0) is 62.4 Å². The van der Waals surface area contributed by atoms with Crippen molar-refractivity contribution in [2.24, 2.45) is 0 Å². The Kier molecular flexibility index (Phi) is 5.55. The number of benzene rings is 2. The van der Waals surface area contributed by atoms with Crippen LogP contribution in [0.3, 0.4) is 0 Å². The van der Waals surface area contributed by atoms with Crippen LogP contribution in [0.2, 0.25) is 0 Å². The van der Waals surface area contributed by atoms with Gasteiger partial charge in [-0.3, -0.25) is 0 Å². The van der Waals surface area contributed by atoms with E-state index in [1.807, 2.05) is 48.5 Å². The van der Waals surface area contributed by atoms with Crippen LogP contribution >= 0.6 is 0 Å². The van der Waals surface area contributed by atoms with E-state index in [1.165, 1.54) is 0 Å². The molecular weight excluding hydrogens is 340 g/mol. The molecule has 0 saturated carbocycles. The number of anilines is 7. The van der Waals surface area contributed by atoms with Crippen molar-refractivity contribution in [1.82, 2.24) is 15.0 Å². The summed E-state index contributed by atoms with van der Waals surface area (Å²) in [6.07, 6.45) is 0. The fraction of sp³-hybridized carbons (Fsp3) is 0.211. The molecule has 0 aliphatic carbocycles. The minimum absolute atomic E-state index is 0.453. The zero-order valence-electron chi connectivity index (χ0n) is 15.5. The second-order valence-electron chi connectivity index (χ2n) is 5.95. The molecule has 27 heavy (non-hydrogen) atoms. The summed E-state index contributed by atoms with van der Waals surface area (Å²) in [4.78, 5) is 15.6. The summed E-state index contributed by atoms with van der Waals surface area (Å²) >= 11 is 0. The Bertz CT molecular complexity index is 807. The predicted octanol–water partition coefficient (Wildman–Crippen LogP) is 3.37. The summed E-state index contributed by atoms with van der Waals surface area (Å²) in [6.45, 7) is 5.72. The van der Waals surface area contributed by atoms with Gasteiger partial charge in [-0.1, -0.05) is 0 Å². The number of rotatable bonds is 7. The van der Waals surface area contributed by atoms with E-state index in [-0.39, 0.29) is 0 Å². The van der Waals surface area contributed by atoms with Crippen molar-refractivity contribution >= 4 is 40.6 Å². The van der Waals surface area contributed by atoms with E-state index in [2.05, 4.69) is 44.3 Å². The summed E-state index contributed by atoms with van der Waals surface area (Å²) in [7, 11) is 0. The van der Waals surface area contributed by atoms with Gasteiger partial charge in [0, 0.05) is 35.8 Å². The Balaban J connectivity index is 1.92. The van der Waals surface area contributed by atoms with E-state index < -0.39 is 0 Å². The highest BCUT2D eigenvalue weighted by Gasteiger charge is 2.12. The third kappa shape index (κ3) is 4.75. The summed E-state index contributed by atoms with van der Waals surface area (Å²) in [5, 5.41) is 6.41. The summed E-state index contributed by atoms with van der Waals surface area (Å²) in [5.41, 5.74) is 14.6. The smallest absolute Gasteiger partial charge is 0.233 e. The Labute approximate surface area is 158 Å². The van der Waals surface area contributed by atoms with Gasteiger partial charge in [0.25, 0.3) is 0 Å². The second kappa shape index (κ2) is 8.22. The number of hydrogen-bond donors (Lipinski definition) is 4. The fourth-order valence-electron chi connectivity index (χ4n) is 2.52. The normalized spacial score (nSPS) is 10.4. The summed E-state index contributed by atoms with van der Waals surface area (Å²) in [6, 6.07) is 14.8. The molecule has 0 bridgehead atoms. The lowest BCUT2D eigenvalue weighted by Crippen LogP contribution is -2.25. The quantitative estimate of drug-likeness (QED) is 0.471. The molecule has 0 atom stereocenters. The van der Waals surface area contributed by atoms with Crippen LogP contribution in [0.4, 0.5) is 40.6 Å². The van der Waals surface area contributed by atoms with Gasteiger partial charge in [-0.25, -0.2) is 0 Å². The molecule has 0 spiro atoms. The van der Waals surface area contributed by atoms with Crippen molar-refractivity contribution < 1.29 is 0 Å². The number of nitrogens with two attached hydrogens (primary N) is 2. The van der Waals surface area contributed by atoms with E-state index >= 15 is 0 Å². The molecule has 0 saturated heterocycles. The van der Waals surface area contributed by atoms with Crippen molar-refractivity contribution in [1.29, 1.82) is 0 Å². The monoisotopic (exact) mass is 364 g/mol. The van der Waals surface area contributed by atoms with Gasteiger partial charge in [0.2, 0.25) is 17.8 Å². The van der Waals surface area contributed by atoms with Crippen LogP contribution < -0.4 is 27.0 Å². The van der Waals surface area contributed by atoms with Gasteiger partial charge in [0.05, 0.1) is 0 Å². The Hall–Kier alpha value is -3.55. The zero-order chi connectivity index (χ0) is 19.2. The summed E-state index contributed by atoms with van der Waals surface area (Å²) in [5.74, 6) is 1.51. The van der Waals surface area contributed by atoms with E-state index in [1.54, 1.807) is 0 Å². The number of nitrogens with one attached hydrogen (secondary N) is 2. The minimum Gasteiger partial charge on any atom is -0.399 e. The maximum Gasteiger partial charge on any atom is 0.233 e. The van der Waals surface area contributed by atoms with Crippen LogP contribution in [-0.2, 0) is 0 Å². The zero-order valence-corrected chi connectivity index (χ0v) is 15.5. The molecule has 3 rings (SSSR count). The highest BCUT2D eigenvalue weighted by molar-refractivity contribution is 5.62. The van der Waals surface area contributed by atoms with E-state index in [9.17, 15) is 0 Å². The Morgan fingerprint density at radius 2 is 1.11 bits per heavy atom. The van der Waals surface area contributed by atoms with Gasteiger partial charge < -0.3 is 27.0 Å². The number of nitrogen functional groups attached to an aromatic ring is 2. The minimum atomic E-state index is 0.453. The van der Waals surface area contributed by atoms with E-state index in [0.29, 0.717) is 29.2 Å². The predicted molar refractivity (Wildman–Crippen MR) is 112 cm³/mol. The van der Waals surface area contributed by atoms with Gasteiger partial charge in [-0.15, -0.1) is 0 Å². The second-order valence-corrected chi connectivity index (χ2v) is 5.95. The van der Waals surface area contributed by atoms with Crippen LogP contribution in [0.5, 0.6) is 0 Å². The van der Waals surface area contributed by atoms with Gasteiger partial charge >= 0.3 is 0 Å². The average Bonchev–Trinajstić information content (AvgIpc) is 2.66. The molecule has 1 aromatic heterocycles. The molecule has 1 heterocycles. The topological polar surface area (TPSA) is 118 Å². The van der Waals surface area contributed by atoms with Gasteiger partial charge in [0.15, 0.2) is 0 Å². The van der Waals surface area contributed by atoms with Crippen LogP contribution in [0.15, 0.2) is 48.5 Å². The standard InChI is InChI=1S/C19H24N8/c1-3-27(4-2)19-25-17(22-15-9-5-13(20)6-10-15)24-18(26-19)23-16-11-7-14(21)8-12-16/h5-12H,3-4,20-21H2,1-2H3,(H2,22,23,24,25,26). The third-order valence-electron chi connectivity index (χ3n) is 4.00. The van der Waals surface area contributed by atoms with Crippen LogP contribution in [0.25, 0.3) is 0 Å². The third-order valence-corrected chi connectivity index (χ3v) is 4.00. The molecule has 6 N–H and O–H groups in total. The number of nitrogens with zero attached hydrogens (tertiary/aromatic N) is 4. The SMILES string of the molecule is CCN(CC)c1nc(Nc2ccc(N)cc2)nc(Nc2ccc(N)cc2)n1. The Morgan fingerprint density at radius 1 is 0.704 bits per heavy atom. The summed E-state index contributed by atoms with van der Waals surface area (Å²) < 4.78 is 0. The first kappa shape index (κ1) is 18.2. The van der Waals surface area contributed by atoms with Crippen molar-refractivity contribution in [3.63, 3.8) is 0 Å². The maximum atomic E-state index is 5.75. The van der Waals surface area contributed by atoms with Crippen molar-refractivity contribution in [3.8, 4) is 0 Å². The highest BCUT2D eigenvalue weighted by atomic mass is 15.3. The lowest BCUT2D eigenvalue weighted by molar-refractivity contribution is 0.816. The van der Waals surface area contributed by atoms with Gasteiger partial charge in [0.1, 0.15) is 0 Å². The largest absolute Gasteiger partial charge is 0.399 e. The van der Waals surface area contributed by atoms with E-state index in [4.69, 9.17) is 11.5 Å². The van der Waals surface area contributed by atoms with Crippen LogP contribution in [-0.4, -0.2) is 28.0 Å². The molecule has 8 nitrogen and oxygen atoms in total. The number of aromatic nitrogens is 3. The first-order valence-electron chi connectivity index (χ1n) is 8.83. The van der Waals surface area contributed by atoms with Crippen LogP contribution in [0, 0.1) is 0 Å². The molecule has 0 aliphatic heterocycles. The Morgan fingerprint density at radius 3 is 1.48 bits per heavy atom. The molecule has 0 radical (unpaired) electrons. The van der Waals surface area contributed by atoms with Crippen molar-refractivity contribution in [3.05, 3.63) is 48.5 Å². The lowest BCUT2D eigenvalue weighted by Gasteiger charge is -2.20. The first-order chi connectivity index (χ1) is 13.1. The highest BCUT2D eigenvalue weighted by Crippen LogP contribution is 2.21. The molecule has 2 aromatic carbocycles. The lowest BCUT2D eigenvalue weighted by atomic mass is 10.3. The maximum absolute atomic E-state index is 5.75. The molecule has 3 aromatic rings. The number of hydrogen-bond acceptors (Lipinski definition) is 8. The van der Waals surface area contributed by atoms with Crippen molar-refractivity contribution in [2.75, 3.05) is 40.1 Å². The fourth-order valence-corrected chi connectivity index (χ4v) is 2.52. The molecule has 0 unspecified atom stereocenters. The molecule has 0 amide bonds. The molecule has 140 valence electrons. The molecule has 0 aliphatic rings. The molecule has 0 fully saturated rings. The van der Waals surface area contributed by atoms with Gasteiger partial charge in [-0.2, -0.15) is 15.0 Å². The van der Waals surface area contributed by atoms with E-state index in [0.717, 1.165) is 24.5 Å². The molecule has 8 heteroatoms. The van der Waals surface area contributed by atoms with Crippen molar-refractivity contribution in [2.45, 2.75) is 13.8 Å². The average molecular weight is 364 g/mol. The first-order valence-corrected chi connectivity index (χ1v) is 8.83. The molecular formula is C19H24N8.